The maximum atomic E-state index is 13.3. The van der Waals surface area contributed by atoms with Crippen molar-refractivity contribution in [2.24, 2.45) is 16.7 Å². The number of nitrogens with two attached hydrogens (primary N) is 4. The summed E-state index contributed by atoms with van der Waals surface area (Å²) in [4.78, 5) is 119. The molecule has 2 aromatic carbocycles. The number of nitrogen functional groups attached to an aromatic ring is 2. The molecule has 0 fully saturated rings. The number of benzene rings is 2. The molecule has 4 aromatic rings. The van der Waals surface area contributed by atoms with Crippen molar-refractivity contribution in [1.29, 1.82) is 0 Å². The van der Waals surface area contributed by atoms with E-state index in [1.54, 1.807) is 31.3 Å². The first kappa shape index (κ1) is 51.2. The molecule has 2 atom stereocenters. The second-order valence-electron chi connectivity index (χ2n) is 15.6. The predicted molar refractivity (Wildman–Crippen MR) is 251 cm³/mol. The monoisotopic (exact) mass is 951 g/mol. The van der Waals surface area contributed by atoms with Gasteiger partial charge in [-0.1, -0.05) is 6.42 Å². The second-order valence-corrected chi connectivity index (χ2v) is 15.6. The fourth-order valence-corrected chi connectivity index (χ4v) is 6.78. The minimum absolute atomic E-state index is 0.000147. The number of nitrogens with zero attached hydrogens (tertiary/aromatic N) is 7. The molecule has 2 unspecified atom stereocenters. The molecule has 0 radical (unpaired) electrons. The Hall–Kier alpha value is -8.81. The van der Waals surface area contributed by atoms with E-state index < -0.39 is 41.7 Å². The van der Waals surface area contributed by atoms with E-state index in [4.69, 9.17) is 23.0 Å². The molecule has 0 saturated heterocycles. The van der Waals surface area contributed by atoms with Gasteiger partial charge in [-0.2, -0.15) is 9.97 Å². The van der Waals surface area contributed by atoms with Crippen LogP contribution in [0, 0.1) is 0 Å². The molecule has 0 saturated carbocycles. The topological polar surface area (TPSA) is 403 Å². The quantitative estimate of drug-likeness (QED) is 0.00975. The number of carbonyl (C=O) groups is 8. The normalized spacial score (nSPS) is 13.1. The molecule has 26 nitrogen and oxygen atoms in total. The third-order valence-electron chi connectivity index (χ3n) is 10.4. The lowest BCUT2D eigenvalue weighted by molar-refractivity contribution is -0.139. The number of rotatable bonds is 24. The van der Waals surface area contributed by atoms with E-state index in [2.05, 4.69) is 51.6 Å². The van der Waals surface area contributed by atoms with Crippen molar-refractivity contribution in [3.8, 4) is 0 Å². The lowest BCUT2D eigenvalue weighted by Crippen LogP contribution is -2.45. The number of hydrogen-bond acceptors (Lipinski definition) is 18. The van der Waals surface area contributed by atoms with Gasteiger partial charge in [-0.3, -0.25) is 38.5 Å². The number of hydrazine groups is 1. The minimum Gasteiger partial charge on any atom is -0.480 e. The van der Waals surface area contributed by atoms with Crippen LogP contribution in [0.15, 0.2) is 65.9 Å². The lowest BCUT2D eigenvalue weighted by atomic mass is 10.0. The number of amides is 7. The number of fused-ring (bicyclic) bond motifs is 1. The van der Waals surface area contributed by atoms with Crippen LogP contribution in [-0.2, 0) is 35.3 Å². The molecule has 1 aliphatic rings. The number of imide groups is 1. The van der Waals surface area contributed by atoms with Crippen LogP contribution in [0.5, 0.6) is 0 Å². The Bertz CT molecular complexity index is 2640. The summed E-state index contributed by atoms with van der Waals surface area (Å²) in [5, 5.41) is 26.4. The molecule has 3 heterocycles. The van der Waals surface area contributed by atoms with Crippen LogP contribution >= 0.6 is 0 Å². The van der Waals surface area contributed by atoms with Crippen molar-refractivity contribution >= 4 is 87.5 Å². The van der Waals surface area contributed by atoms with Crippen molar-refractivity contribution in [2.45, 2.75) is 64.1 Å². The summed E-state index contributed by atoms with van der Waals surface area (Å²) in [6, 6.07) is 8.27. The van der Waals surface area contributed by atoms with Gasteiger partial charge in [-0.15, -0.1) is 5.10 Å². The number of aliphatic carboxylic acids is 1. The number of carboxylic acid groups (broad SMARTS) is 1. The van der Waals surface area contributed by atoms with Crippen molar-refractivity contribution < 1.29 is 43.5 Å². The van der Waals surface area contributed by atoms with Gasteiger partial charge in [0.2, 0.25) is 23.7 Å². The summed E-state index contributed by atoms with van der Waals surface area (Å²) in [5.41, 5.74) is 22.1. The van der Waals surface area contributed by atoms with Gasteiger partial charge in [0.15, 0.2) is 22.8 Å². The molecule has 1 aliphatic heterocycles. The van der Waals surface area contributed by atoms with Crippen molar-refractivity contribution in [1.82, 2.24) is 51.6 Å². The number of unbranched alkanes of at least 4 members (excludes halogenated alkanes) is 2. The van der Waals surface area contributed by atoms with Gasteiger partial charge in [0, 0.05) is 61.2 Å². The highest BCUT2D eigenvalue weighted by Gasteiger charge is 2.24. The first-order valence-corrected chi connectivity index (χ1v) is 21.4. The zero-order valence-electron chi connectivity index (χ0n) is 37.7. The largest absolute Gasteiger partial charge is 0.480 e. The Morgan fingerprint density at radius 2 is 1.58 bits per heavy atom. The Kier molecular flexibility index (Phi) is 17.9. The third-order valence-corrected chi connectivity index (χ3v) is 10.4. The fourth-order valence-electron chi connectivity index (χ4n) is 6.78. The zero-order valence-corrected chi connectivity index (χ0v) is 37.7. The molecule has 7 amide bonds. The van der Waals surface area contributed by atoms with Gasteiger partial charge in [-0.25, -0.2) is 26.1 Å². The van der Waals surface area contributed by atoms with Crippen LogP contribution in [0.1, 0.15) is 77.4 Å². The van der Waals surface area contributed by atoms with E-state index in [1.807, 2.05) is 10.4 Å². The SMILES string of the molecule is CC(NC(=O)CNC(=O)CCCCCN1C(=O)C=CC1=O)C(=O)Nc1ccc(C(=O)NCCCC(NC(=O)c2ccc(N(C)Cc3cnc4nc(N)nc(N)c4n3)cc2)C(=O)O)c(/C(N)=N/NN)c1. The molecule has 0 aliphatic carbocycles. The molecule has 0 spiro atoms. The number of anilines is 4. The van der Waals surface area contributed by atoms with Crippen molar-refractivity contribution in [2.75, 3.05) is 48.4 Å². The van der Waals surface area contributed by atoms with Crippen LogP contribution < -0.4 is 60.1 Å². The zero-order chi connectivity index (χ0) is 50.2. The molecule has 364 valence electrons. The lowest BCUT2D eigenvalue weighted by Gasteiger charge is -2.19. The summed E-state index contributed by atoms with van der Waals surface area (Å²) >= 11 is 0. The van der Waals surface area contributed by atoms with E-state index in [1.165, 1.54) is 43.5 Å². The van der Waals surface area contributed by atoms with E-state index >= 15 is 0 Å². The Morgan fingerprint density at radius 3 is 2.28 bits per heavy atom. The van der Waals surface area contributed by atoms with Crippen LogP contribution in [-0.4, -0.2) is 122 Å². The highest BCUT2D eigenvalue weighted by Crippen LogP contribution is 2.20. The average Bonchev–Trinajstić information content (AvgIpc) is 3.64. The highest BCUT2D eigenvalue weighted by molar-refractivity contribution is 6.13. The number of amidine groups is 1. The van der Waals surface area contributed by atoms with Gasteiger partial charge >= 0.3 is 5.97 Å². The first-order chi connectivity index (χ1) is 32.9. The second kappa shape index (κ2) is 24.1. The summed E-state index contributed by atoms with van der Waals surface area (Å²) in [6.45, 7) is 1.61. The minimum atomic E-state index is -1.29. The maximum absolute atomic E-state index is 13.3. The van der Waals surface area contributed by atoms with Gasteiger partial charge < -0.3 is 53.8 Å². The summed E-state index contributed by atoms with van der Waals surface area (Å²) in [6.07, 6.45) is 5.75. The third kappa shape index (κ3) is 14.6. The van der Waals surface area contributed by atoms with E-state index in [0.717, 1.165) is 10.6 Å². The molecule has 26 heteroatoms. The fraction of sp³-hybridized carbons (Fsp3) is 0.326. The Labute approximate surface area is 394 Å². The van der Waals surface area contributed by atoms with Gasteiger partial charge in [-0.05, 0) is 75.1 Å². The van der Waals surface area contributed by atoms with Crippen molar-refractivity contribution in [3.63, 3.8) is 0 Å². The molecular formula is C43H53N17O9. The molecular weight excluding hydrogens is 899 g/mol. The smallest absolute Gasteiger partial charge is 0.326 e. The van der Waals surface area contributed by atoms with Gasteiger partial charge in [0.25, 0.3) is 23.6 Å². The standard InChI is InChI=1S/C43H53N17O9/c1-23(51-32(62)21-49-31(61)8-4-3-5-18-60-33(63)15-16-34(60)64)39(65)53-25-11-14-28(29(19-25)36(44)57-58-47)41(67)48-17-6-7-30(42(68)69)54-40(66)24-9-12-27(13-10-24)59(2)22-26-20-50-38-35(52-26)37(45)55-43(46)56-38/h9-16,19-20,23,30,58H,3-8,17-18,21-22,47H2,1-2H3,(H2,44,57)(H,48,67)(H,49,61)(H,51,62)(H,53,65)(H,54,66)(H,68,69)(H4,45,46,50,55,56). The Morgan fingerprint density at radius 1 is 0.855 bits per heavy atom. The van der Waals surface area contributed by atoms with Crippen LogP contribution in [0.3, 0.4) is 0 Å². The van der Waals surface area contributed by atoms with E-state index in [9.17, 15) is 43.5 Å². The molecule has 15 N–H and O–H groups in total. The van der Waals surface area contributed by atoms with Crippen LogP contribution in [0.25, 0.3) is 11.2 Å². The maximum Gasteiger partial charge on any atom is 0.326 e. The number of carboxylic acids is 1. The van der Waals surface area contributed by atoms with Gasteiger partial charge in [0.05, 0.1) is 30.5 Å². The number of hydrogen-bond donors (Lipinski definition) is 11. The summed E-state index contributed by atoms with van der Waals surface area (Å²) in [7, 11) is 1.81. The summed E-state index contributed by atoms with van der Waals surface area (Å²) in [5.74, 6) is 0.284. The predicted octanol–water partition coefficient (Wildman–Crippen LogP) is -1.26. The van der Waals surface area contributed by atoms with Crippen LogP contribution in [0.2, 0.25) is 0 Å². The number of carbonyl (C=O) groups excluding carboxylic acids is 7. The first-order valence-electron chi connectivity index (χ1n) is 21.4. The molecule has 69 heavy (non-hydrogen) atoms. The highest BCUT2D eigenvalue weighted by atomic mass is 16.4. The molecule has 2 aromatic heterocycles. The number of hydrazone groups is 1. The Balaban J connectivity index is 1.05. The molecule has 5 rings (SSSR count). The van der Waals surface area contributed by atoms with E-state index in [0.29, 0.717) is 37.0 Å². The molecule has 0 bridgehead atoms. The van der Waals surface area contributed by atoms with Crippen molar-refractivity contribution in [3.05, 3.63) is 83.2 Å². The van der Waals surface area contributed by atoms with Gasteiger partial charge in [0.1, 0.15) is 12.1 Å². The summed E-state index contributed by atoms with van der Waals surface area (Å²) < 4.78 is 0. The van der Waals surface area contributed by atoms with E-state index in [-0.39, 0.29) is 102 Å². The average molecular weight is 952 g/mol. The number of nitrogens with one attached hydrogen (secondary N) is 6. The van der Waals surface area contributed by atoms with Crippen LogP contribution in [0.4, 0.5) is 23.1 Å². The number of aromatic nitrogens is 4.